The monoisotopic (exact) mass is 275 g/mol. The fourth-order valence-electron chi connectivity index (χ4n) is 2.31. The van der Waals surface area contributed by atoms with Crippen LogP contribution in [0.4, 0.5) is 0 Å². The van der Waals surface area contributed by atoms with Crippen LogP contribution in [-0.4, -0.2) is 21.0 Å². The molecule has 4 N–H and O–H groups in total. The number of aromatic carboxylic acids is 1. The van der Waals surface area contributed by atoms with Gasteiger partial charge < -0.3 is 15.8 Å². The van der Waals surface area contributed by atoms with Crippen LogP contribution in [0.5, 0.6) is 0 Å². The van der Waals surface area contributed by atoms with Gasteiger partial charge in [0.05, 0.1) is 11.1 Å². The molecule has 2 aromatic heterocycles. The van der Waals surface area contributed by atoms with Crippen molar-refractivity contribution in [2.24, 2.45) is 5.73 Å². The van der Waals surface area contributed by atoms with Crippen LogP contribution < -0.4 is 5.73 Å². The number of benzene rings is 1. The average Bonchev–Trinajstić information content (AvgIpc) is 2.77. The van der Waals surface area contributed by atoms with Gasteiger partial charge in [-0.1, -0.05) is 23.7 Å². The molecule has 0 aliphatic rings. The maximum absolute atomic E-state index is 11.3. The van der Waals surface area contributed by atoms with Gasteiger partial charge in [0.2, 0.25) is 0 Å². The van der Waals surface area contributed by atoms with Gasteiger partial charge in [-0.05, 0) is 6.07 Å². The number of H-pyrrole nitrogens is 1. The van der Waals surface area contributed by atoms with Crippen molar-refractivity contribution in [1.82, 2.24) is 9.97 Å². The summed E-state index contributed by atoms with van der Waals surface area (Å²) in [6, 6.07) is 5.29. The van der Waals surface area contributed by atoms with Crippen LogP contribution in [0.2, 0.25) is 5.15 Å². The van der Waals surface area contributed by atoms with Gasteiger partial charge in [0.1, 0.15) is 5.15 Å². The van der Waals surface area contributed by atoms with Crippen molar-refractivity contribution in [2.45, 2.75) is 6.54 Å². The van der Waals surface area contributed by atoms with Crippen molar-refractivity contribution < 1.29 is 9.90 Å². The highest BCUT2D eigenvalue weighted by Gasteiger charge is 2.18. The number of aromatic amines is 1. The number of pyridine rings is 1. The molecule has 2 heterocycles. The second-order valence-electron chi connectivity index (χ2n) is 4.20. The zero-order valence-corrected chi connectivity index (χ0v) is 10.5. The molecule has 6 heteroatoms. The molecule has 0 saturated heterocycles. The Morgan fingerprint density at radius 2 is 2.21 bits per heavy atom. The molecule has 96 valence electrons. The molecule has 5 nitrogen and oxygen atoms in total. The molecule has 3 rings (SSSR count). The van der Waals surface area contributed by atoms with Crippen LogP contribution in [0.15, 0.2) is 24.4 Å². The highest BCUT2D eigenvalue weighted by Crippen LogP contribution is 2.30. The largest absolute Gasteiger partial charge is 0.478 e. The van der Waals surface area contributed by atoms with Crippen LogP contribution in [0, 0.1) is 0 Å². The van der Waals surface area contributed by atoms with E-state index in [0.29, 0.717) is 16.2 Å². The molecule has 0 atom stereocenters. The molecule has 0 unspecified atom stereocenters. The van der Waals surface area contributed by atoms with E-state index in [4.69, 9.17) is 17.3 Å². The van der Waals surface area contributed by atoms with Gasteiger partial charge in [-0.25, -0.2) is 9.78 Å². The SMILES string of the molecule is NCc1[nH]c2c(ccc3cnc(Cl)cc32)c1C(=O)O. The first-order valence-corrected chi connectivity index (χ1v) is 6.01. The fourth-order valence-corrected chi connectivity index (χ4v) is 2.47. The molecule has 0 bridgehead atoms. The number of halogens is 1. The molecule has 19 heavy (non-hydrogen) atoms. The van der Waals surface area contributed by atoms with E-state index >= 15 is 0 Å². The number of nitrogens with two attached hydrogens (primary N) is 1. The third-order valence-electron chi connectivity index (χ3n) is 3.13. The lowest BCUT2D eigenvalue weighted by Gasteiger charge is -2.00. The third-order valence-corrected chi connectivity index (χ3v) is 3.34. The standard InChI is InChI=1S/C13H10ClN3O2/c14-10-3-8-6(5-16-10)1-2-7-11(13(18)19)9(4-15)17-12(7)8/h1-3,5,17H,4,15H2,(H,18,19). The van der Waals surface area contributed by atoms with E-state index in [-0.39, 0.29) is 12.1 Å². The number of carbonyl (C=O) groups is 1. The minimum absolute atomic E-state index is 0.136. The molecule has 0 fully saturated rings. The first kappa shape index (κ1) is 12.0. The van der Waals surface area contributed by atoms with Crippen molar-refractivity contribution in [3.05, 3.63) is 40.8 Å². The number of nitrogens with zero attached hydrogens (tertiary/aromatic N) is 1. The summed E-state index contributed by atoms with van der Waals surface area (Å²) < 4.78 is 0. The summed E-state index contributed by atoms with van der Waals surface area (Å²) in [7, 11) is 0. The zero-order chi connectivity index (χ0) is 13.6. The van der Waals surface area contributed by atoms with Crippen molar-refractivity contribution in [2.75, 3.05) is 0 Å². The molecule has 0 radical (unpaired) electrons. The molecule has 0 amide bonds. The van der Waals surface area contributed by atoms with E-state index in [9.17, 15) is 9.90 Å². The van der Waals surface area contributed by atoms with Crippen molar-refractivity contribution in [1.29, 1.82) is 0 Å². The molecular formula is C13H10ClN3O2. The minimum atomic E-state index is -0.994. The molecular weight excluding hydrogens is 266 g/mol. The quantitative estimate of drug-likeness (QED) is 0.627. The van der Waals surface area contributed by atoms with Crippen LogP contribution in [-0.2, 0) is 6.54 Å². The number of hydrogen-bond acceptors (Lipinski definition) is 3. The fraction of sp³-hybridized carbons (Fsp3) is 0.0769. The normalized spacial score (nSPS) is 11.3. The summed E-state index contributed by atoms with van der Waals surface area (Å²) in [6.45, 7) is 0.136. The lowest BCUT2D eigenvalue weighted by atomic mass is 10.1. The van der Waals surface area contributed by atoms with E-state index in [1.165, 1.54) is 0 Å². The van der Waals surface area contributed by atoms with Gasteiger partial charge in [0.15, 0.2) is 0 Å². The van der Waals surface area contributed by atoms with E-state index in [1.54, 1.807) is 18.3 Å². The highest BCUT2D eigenvalue weighted by atomic mass is 35.5. The molecule has 0 spiro atoms. The van der Waals surface area contributed by atoms with Crippen LogP contribution in [0.1, 0.15) is 16.1 Å². The lowest BCUT2D eigenvalue weighted by molar-refractivity contribution is 0.0698. The highest BCUT2D eigenvalue weighted by molar-refractivity contribution is 6.30. The number of hydrogen-bond donors (Lipinski definition) is 3. The first-order chi connectivity index (χ1) is 9.11. The predicted octanol–water partition coefficient (Wildman–Crippen LogP) is 2.53. The Hall–Kier alpha value is -2.11. The Bertz CT molecular complexity index is 810. The number of carboxylic acid groups (broad SMARTS) is 1. The summed E-state index contributed by atoms with van der Waals surface area (Å²) in [5.74, 6) is -0.994. The summed E-state index contributed by atoms with van der Waals surface area (Å²) in [5, 5.41) is 12.0. The number of fused-ring (bicyclic) bond motifs is 3. The van der Waals surface area contributed by atoms with Gasteiger partial charge in [0.25, 0.3) is 0 Å². The summed E-state index contributed by atoms with van der Waals surface area (Å²) in [5.41, 5.74) is 7.03. The summed E-state index contributed by atoms with van der Waals surface area (Å²) >= 11 is 5.90. The molecule has 0 saturated carbocycles. The van der Waals surface area contributed by atoms with Gasteiger partial charge in [-0.2, -0.15) is 0 Å². The van der Waals surface area contributed by atoms with Crippen LogP contribution in [0.3, 0.4) is 0 Å². The Balaban J connectivity index is 2.49. The van der Waals surface area contributed by atoms with Crippen molar-refractivity contribution >= 4 is 39.2 Å². The summed E-state index contributed by atoms with van der Waals surface area (Å²) in [4.78, 5) is 18.4. The van der Waals surface area contributed by atoms with Crippen LogP contribution >= 0.6 is 11.6 Å². The van der Waals surface area contributed by atoms with E-state index in [1.807, 2.05) is 6.07 Å². The third kappa shape index (κ3) is 1.75. The number of aromatic nitrogens is 2. The van der Waals surface area contributed by atoms with E-state index in [2.05, 4.69) is 9.97 Å². The lowest BCUT2D eigenvalue weighted by Crippen LogP contribution is -2.05. The number of rotatable bonds is 2. The van der Waals surface area contributed by atoms with Crippen LogP contribution in [0.25, 0.3) is 21.7 Å². The molecule has 0 aliphatic carbocycles. The van der Waals surface area contributed by atoms with E-state index < -0.39 is 5.97 Å². The Kier molecular flexibility index (Phi) is 2.66. The predicted molar refractivity (Wildman–Crippen MR) is 73.5 cm³/mol. The van der Waals surface area contributed by atoms with Crippen molar-refractivity contribution in [3.8, 4) is 0 Å². The molecule has 3 aromatic rings. The minimum Gasteiger partial charge on any atom is -0.478 e. The number of carboxylic acids is 1. The Morgan fingerprint density at radius 3 is 2.89 bits per heavy atom. The average molecular weight is 276 g/mol. The van der Waals surface area contributed by atoms with E-state index in [0.717, 1.165) is 16.3 Å². The Labute approximate surface area is 113 Å². The molecule has 1 aromatic carbocycles. The van der Waals surface area contributed by atoms with Gasteiger partial charge in [-0.3, -0.25) is 0 Å². The summed E-state index contributed by atoms with van der Waals surface area (Å²) in [6.07, 6.45) is 1.65. The topological polar surface area (TPSA) is 92.0 Å². The maximum atomic E-state index is 11.3. The smallest absolute Gasteiger partial charge is 0.338 e. The van der Waals surface area contributed by atoms with Crippen molar-refractivity contribution in [3.63, 3.8) is 0 Å². The second-order valence-corrected chi connectivity index (χ2v) is 4.59. The Morgan fingerprint density at radius 1 is 1.42 bits per heavy atom. The van der Waals surface area contributed by atoms with Gasteiger partial charge in [0, 0.05) is 34.6 Å². The van der Waals surface area contributed by atoms with Gasteiger partial charge >= 0.3 is 5.97 Å². The second kappa shape index (κ2) is 4.22. The number of nitrogens with one attached hydrogen (secondary N) is 1. The van der Waals surface area contributed by atoms with Gasteiger partial charge in [-0.15, -0.1) is 0 Å². The first-order valence-electron chi connectivity index (χ1n) is 5.64. The molecule has 0 aliphatic heterocycles. The zero-order valence-electron chi connectivity index (χ0n) is 9.77. The maximum Gasteiger partial charge on any atom is 0.338 e.